The van der Waals surface area contributed by atoms with E-state index in [1.54, 1.807) is 44.2 Å². The van der Waals surface area contributed by atoms with E-state index in [-0.39, 0.29) is 35.9 Å². The first-order valence-corrected chi connectivity index (χ1v) is 19.2. The topological polar surface area (TPSA) is 235 Å². The van der Waals surface area contributed by atoms with Gasteiger partial charge in [0, 0.05) is 13.0 Å². The first-order chi connectivity index (χ1) is 26.6. The van der Waals surface area contributed by atoms with E-state index in [1.807, 2.05) is 13.8 Å². The molecule has 9 atom stereocenters. The number of rotatable bonds is 7. The van der Waals surface area contributed by atoms with Gasteiger partial charge >= 0.3 is 0 Å². The van der Waals surface area contributed by atoms with Crippen LogP contribution < -0.4 is 31.9 Å². The second-order valence-electron chi connectivity index (χ2n) is 14.8. The maximum absolute atomic E-state index is 14.1. The van der Waals surface area contributed by atoms with Gasteiger partial charge in [0.1, 0.15) is 42.0 Å². The van der Waals surface area contributed by atoms with Crippen molar-refractivity contribution in [3.63, 3.8) is 0 Å². The highest BCUT2D eigenvalue weighted by Gasteiger charge is 2.41. The molecule has 7 amide bonds. The Bertz CT molecular complexity index is 1770. The molecule has 4 rings (SSSR count). The van der Waals surface area contributed by atoms with Crippen LogP contribution in [0.5, 0.6) is 5.75 Å². The number of aliphatic hydroxyl groups is 1. The van der Waals surface area contributed by atoms with Crippen molar-refractivity contribution in [2.24, 2.45) is 11.8 Å². The highest BCUT2D eigenvalue weighted by Crippen LogP contribution is 2.25. The zero-order valence-corrected chi connectivity index (χ0v) is 32.8. The number of nitrogens with zero attached hydrogens (tertiary/aromatic N) is 1. The maximum Gasteiger partial charge on any atom is 0.254 e. The molecule has 16 nitrogen and oxygen atoms in total. The lowest BCUT2D eigenvalue weighted by molar-refractivity contribution is -0.142. The van der Waals surface area contributed by atoms with E-state index in [9.17, 15) is 43.8 Å². The number of fused-ring (bicyclic) bond motifs is 2. The Morgan fingerprint density at radius 2 is 1.32 bits per heavy atom. The molecular weight excluding hydrogens is 722 g/mol. The van der Waals surface area contributed by atoms with Gasteiger partial charge in [-0.15, -0.1) is 0 Å². The molecule has 2 aliphatic rings. The van der Waals surface area contributed by atoms with Gasteiger partial charge in [-0.1, -0.05) is 64.8 Å². The summed E-state index contributed by atoms with van der Waals surface area (Å²) in [6, 6.07) is 4.93. The van der Waals surface area contributed by atoms with E-state index in [0.717, 1.165) is 0 Å². The van der Waals surface area contributed by atoms with Crippen LogP contribution in [0.4, 0.5) is 5.69 Å². The molecule has 0 spiro atoms. The monoisotopic (exact) mass is 777 g/mol. The minimum atomic E-state index is -1.58. The van der Waals surface area contributed by atoms with Crippen LogP contribution in [-0.2, 0) is 35.2 Å². The number of carbonyl (C=O) groups is 7. The van der Waals surface area contributed by atoms with Gasteiger partial charge in [0.2, 0.25) is 35.4 Å². The third-order valence-electron chi connectivity index (χ3n) is 10.7. The van der Waals surface area contributed by atoms with Gasteiger partial charge in [-0.3, -0.25) is 33.6 Å². The lowest BCUT2D eigenvalue weighted by atomic mass is 9.96. The lowest BCUT2D eigenvalue weighted by Crippen LogP contribution is -2.62. The molecule has 1 saturated heterocycles. The number of hydrogen-bond donors (Lipinski definition) is 8. The molecule has 2 aromatic rings. The molecule has 0 bridgehead atoms. The number of aromatic hydroxyl groups is 1. The number of hydrogen-bond acceptors (Lipinski definition) is 9. The van der Waals surface area contributed by atoms with E-state index in [4.69, 9.17) is 0 Å². The molecule has 0 saturated carbocycles. The summed E-state index contributed by atoms with van der Waals surface area (Å²) >= 11 is 0. The SMILES string of the molecule is CCC(C)[C@H]1NC(=O)c2ccccc2NC(=O)[C@@H]2CCCN2C(=O)[C@H]([C@@H](C)CC)NC(=O)[C@H](C)NC(=O)[C@H]([C@@H](C)O)NC(=O)[C@H](Cc2ccc(O)cc2)NC1=O. The third kappa shape index (κ3) is 10.6. The van der Waals surface area contributed by atoms with Crippen molar-refractivity contribution < 1.29 is 43.8 Å². The quantitative estimate of drug-likeness (QED) is 0.201. The number of carbonyl (C=O) groups excluding carboxylic acids is 7. The first kappa shape index (κ1) is 43.2. The molecule has 2 aliphatic heterocycles. The molecule has 8 N–H and O–H groups in total. The van der Waals surface area contributed by atoms with E-state index in [0.29, 0.717) is 31.2 Å². The van der Waals surface area contributed by atoms with Gasteiger partial charge < -0.3 is 47.0 Å². The van der Waals surface area contributed by atoms with Gasteiger partial charge in [-0.05, 0) is 68.4 Å². The Labute approximate surface area is 326 Å². The molecule has 16 heteroatoms. The highest BCUT2D eigenvalue weighted by atomic mass is 16.3. The Balaban J connectivity index is 1.78. The van der Waals surface area contributed by atoms with Crippen molar-refractivity contribution in [1.82, 2.24) is 31.5 Å². The lowest BCUT2D eigenvalue weighted by Gasteiger charge is -2.32. The van der Waals surface area contributed by atoms with Gasteiger partial charge in [-0.25, -0.2) is 0 Å². The Morgan fingerprint density at radius 1 is 0.714 bits per heavy atom. The smallest absolute Gasteiger partial charge is 0.254 e. The number of phenols is 1. The number of aliphatic hydroxyl groups excluding tert-OH is 1. The van der Waals surface area contributed by atoms with Gasteiger partial charge in [0.15, 0.2) is 0 Å². The number of benzene rings is 2. The predicted octanol–water partition coefficient (Wildman–Crippen LogP) is 1.11. The summed E-state index contributed by atoms with van der Waals surface area (Å²) in [4.78, 5) is 98.4. The number of para-hydroxylation sites is 1. The normalized spacial score (nSPS) is 26.3. The fraction of sp³-hybridized carbons (Fsp3) is 0.525. The fourth-order valence-electron chi connectivity index (χ4n) is 6.74. The zero-order chi connectivity index (χ0) is 41.3. The standard InChI is InChI=1S/C40H55N7O9/c1-7-21(3)31-38(54)43-29(20-25-15-17-26(49)18-16-25)36(52)46-33(24(6)48)39(55)41-23(5)34(50)45-32(22(4)8-2)40(56)47-19-11-14-30(47)37(53)42-28-13-10-9-12-27(28)35(51)44-31/h9-10,12-13,15-18,21-24,29-33,48-49H,7-8,11,14,19-20H2,1-6H3,(H,41,55)(H,42,53)(H,43,54)(H,44,51)(H,45,50)(H,46,52)/t21?,22-,23-,24+,29-,30-,31+,32-,33-/m0/s1. The molecule has 2 aromatic carbocycles. The number of nitrogens with one attached hydrogen (secondary N) is 6. The minimum Gasteiger partial charge on any atom is -0.508 e. The largest absolute Gasteiger partial charge is 0.508 e. The van der Waals surface area contributed by atoms with Crippen molar-refractivity contribution in [3.05, 3.63) is 59.7 Å². The second-order valence-corrected chi connectivity index (χ2v) is 14.8. The summed E-state index contributed by atoms with van der Waals surface area (Å²) in [6.07, 6.45) is 0.249. The number of phenolic OH excluding ortho intramolecular Hbond substituents is 1. The Hall–Kier alpha value is -5.51. The van der Waals surface area contributed by atoms with Crippen LogP contribution in [0.3, 0.4) is 0 Å². The Kier molecular flexibility index (Phi) is 15.0. The zero-order valence-electron chi connectivity index (χ0n) is 32.8. The average Bonchev–Trinajstić information content (AvgIpc) is 3.67. The van der Waals surface area contributed by atoms with Crippen LogP contribution in [0.2, 0.25) is 0 Å². The number of anilines is 1. The van der Waals surface area contributed by atoms with Crippen molar-refractivity contribution >= 4 is 47.0 Å². The number of amides is 7. The molecular formula is C40H55N7O9. The summed E-state index contributed by atoms with van der Waals surface area (Å²) in [7, 11) is 0. The van der Waals surface area contributed by atoms with Crippen molar-refractivity contribution in [2.45, 2.75) is 116 Å². The van der Waals surface area contributed by atoms with Crippen LogP contribution in [0.1, 0.15) is 83.1 Å². The van der Waals surface area contributed by atoms with Crippen LogP contribution >= 0.6 is 0 Å². The predicted molar refractivity (Wildman–Crippen MR) is 207 cm³/mol. The van der Waals surface area contributed by atoms with E-state index in [2.05, 4.69) is 31.9 Å². The van der Waals surface area contributed by atoms with Crippen LogP contribution in [-0.4, -0.2) is 105 Å². The molecule has 0 aliphatic carbocycles. The summed E-state index contributed by atoms with van der Waals surface area (Å²) in [5.41, 5.74) is 0.751. The summed E-state index contributed by atoms with van der Waals surface area (Å²) < 4.78 is 0. The van der Waals surface area contributed by atoms with Crippen molar-refractivity contribution in [2.75, 3.05) is 11.9 Å². The highest BCUT2D eigenvalue weighted by molar-refractivity contribution is 6.07. The molecule has 2 heterocycles. The molecule has 1 fully saturated rings. The third-order valence-corrected chi connectivity index (χ3v) is 10.7. The van der Waals surface area contributed by atoms with E-state index >= 15 is 0 Å². The van der Waals surface area contributed by atoms with E-state index < -0.39 is 89.6 Å². The Morgan fingerprint density at radius 3 is 1.96 bits per heavy atom. The second kappa shape index (κ2) is 19.4. The molecule has 56 heavy (non-hydrogen) atoms. The minimum absolute atomic E-state index is 0.0230. The van der Waals surface area contributed by atoms with Crippen molar-refractivity contribution in [3.8, 4) is 5.75 Å². The fourth-order valence-corrected chi connectivity index (χ4v) is 6.74. The van der Waals surface area contributed by atoms with Gasteiger partial charge in [-0.2, -0.15) is 0 Å². The summed E-state index contributed by atoms with van der Waals surface area (Å²) in [5, 5.41) is 36.6. The molecule has 304 valence electrons. The van der Waals surface area contributed by atoms with Crippen LogP contribution in [0.15, 0.2) is 48.5 Å². The van der Waals surface area contributed by atoms with Crippen molar-refractivity contribution in [1.29, 1.82) is 0 Å². The van der Waals surface area contributed by atoms with Crippen LogP contribution in [0, 0.1) is 11.8 Å². The molecule has 1 unspecified atom stereocenters. The maximum atomic E-state index is 14.1. The van der Waals surface area contributed by atoms with E-state index in [1.165, 1.54) is 36.9 Å². The molecule has 0 aromatic heterocycles. The summed E-state index contributed by atoms with van der Waals surface area (Å²) in [5.74, 6) is -5.69. The first-order valence-electron chi connectivity index (χ1n) is 19.2. The summed E-state index contributed by atoms with van der Waals surface area (Å²) in [6.45, 7) is 10.1. The van der Waals surface area contributed by atoms with Gasteiger partial charge in [0.05, 0.1) is 17.4 Å². The van der Waals surface area contributed by atoms with Crippen LogP contribution in [0.25, 0.3) is 0 Å². The molecule has 0 radical (unpaired) electrons. The van der Waals surface area contributed by atoms with Gasteiger partial charge in [0.25, 0.3) is 5.91 Å². The average molecular weight is 778 g/mol.